The molecule has 0 saturated carbocycles. The van der Waals surface area contributed by atoms with Crippen molar-refractivity contribution >= 4 is 0 Å². The number of benzene rings is 1. The van der Waals surface area contributed by atoms with E-state index < -0.39 is 0 Å². The van der Waals surface area contributed by atoms with E-state index in [4.69, 9.17) is 0 Å². The van der Waals surface area contributed by atoms with Crippen LogP contribution in [0.15, 0.2) is 24.3 Å². The fourth-order valence-corrected chi connectivity index (χ4v) is 2.09. The average molecular weight is 213 g/mol. The lowest BCUT2D eigenvalue weighted by molar-refractivity contribution is 0.255. The first kappa shape index (κ1) is 11.2. The van der Waals surface area contributed by atoms with Crippen LogP contribution in [-0.4, -0.2) is 24.5 Å². The van der Waals surface area contributed by atoms with Gasteiger partial charge in [0, 0.05) is 5.56 Å². The predicted molar refractivity (Wildman–Crippen MR) is 68.3 cm³/mol. The maximum absolute atomic E-state index is 3.27. The van der Waals surface area contributed by atoms with Crippen molar-refractivity contribution in [3.8, 4) is 11.8 Å². The predicted octanol–water partition coefficient (Wildman–Crippen LogP) is 2.83. The third kappa shape index (κ3) is 3.40. The van der Waals surface area contributed by atoms with Gasteiger partial charge < -0.3 is 0 Å². The Hall–Kier alpha value is -1.26. The number of hydrogen-bond acceptors (Lipinski definition) is 1. The number of rotatable bonds is 1. The van der Waals surface area contributed by atoms with Crippen molar-refractivity contribution in [2.45, 2.75) is 26.2 Å². The minimum absolute atomic E-state index is 0.925. The first-order valence-electron chi connectivity index (χ1n) is 6.12. The minimum Gasteiger partial charge on any atom is -0.292 e. The van der Waals surface area contributed by atoms with E-state index in [0.717, 1.165) is 12.1 Å². The highest BCUT2D eigenvalue weighted by Gasteiger charge is 2.07. The molecule has 0 atom stereocenters. The summed E-state index contributed by atoms with van der Waals surface area (Å²) >= 11 is 0. The van der Waals surface area contributed by atoms with Crippen LogP contribution in [0.1, 0.15) is 30.4 Å². The average Bonchev–Trinajstić information content (AvgIpc) is 2.30. The summed E-state index contributed by atoms with van der Waals surface area (Å²) in [6, 6.07) is 8.40. The van der Waals surface area contributed by atoms with Crippen LogP contribution in [0.3, 0.4) is 0 Å². The number of aryl methyl sites for hydroxylation is 1. The summed E-state index contributed by atoms with van der Waals surface area (Å²) in [7, 11) is 0. The van der Waals surface area contributed by atoms with Gasteiger partial charge in [-0.1, -0.05) is 30.4 Å². The van der Waals surface area contributed by atoms with E-state index in [1.54, 1.807) is 0 Å². The Bertz CT molecular complexity index is 391. The van der Waals surface area contributed by atoms with Crippen LogP contribution in [-0.2, 0) is 0 Å². The molecule has 16 heavy (non-hydrogen) atoms. The van der Waals surface area contributed by atoms with Crippen molar-refractivity contribution in [2.75, 3.05) is 19.6 Å². The zero-order valence-corrected chi connectivity index (χ0v) is 10.00. The number of nitrogens with zero attached hydrogens (tertiary/aromatic N) is 1. The van der Waals surface area contributed by atoms with Gasteiger partial charge in [-0.15, -0.1) is 0 Å². The van der Waals surface area contributed by atoms with Gasteiger partial charge in [-0.3, -0.25) is 4.90 Å². The van der Waals surface area contributed by atoms with Crippen LogP contribution >= 0.6 is 0 Å². The topological polar surface area (TPSA) is 3.24 Å². The molecular formula is C15H19N. The van der Waals surface area contributed by atoms with Crippen molar-refractivity contribution in [1.82, 2.24) is 4.90 Å². The summed E-state index contributed by atoms with van der Waals surface area (Å²) in [5.74, 6) is 6.52. The van der Waals surface area contributed by atoms with E-state index >= 15 is 0 Å². The Morgan fingerprint density at radius 3 is 2.75 bits per heavy atom. The summed E-state index contributed by atoms with van der Waals surface area (Å²) in [6.45, 7) is 5.48. The van der Waals surface area contributed by atoms with Crippen molar-refractivity contribution in [2.24, 2.45) is 0 Å². The fraction of sp³-hybridized carbons (Fsp3) is 0.467. The fourth-order valence-electron chi connectivity index (χ4n) is 2.09. The largest absolute Gasteiger partial charge is 0.292 e. The van der Waals surface area contributed by atoms with E-state index in [-0.39, 0.29) is 0 Å². The molecule has 0 bridgehead atoms. The zero-order valence-electron chi connectivity index (χ0n) is 10.00. The molecule has 1 heteroatoms. The third-order valence-electron chi connectivity index (χ3n) is 3.00. The molecule has 1 fully saturated rings. The molecule has 1 aromatic rings. The molecule has 1 heterocycles. The Balaban J connectivity index is 1.89. The first-order chi connectivity index (χ1) is 7.84. The van der Waals surface area contributed by atoms with Crippen LogP contribution < -0.4 is 0 Å². The van der Waals surface area contributed by atoms with Gasteiger partial charge in [0.15, 0.2) is 0 Å². The van der Waals surface area contributed by atoms with E-state index in [1.807, 2.05) is 0 Å². The standard InChI is InChI=1S/C15H19N/c1-14-7-5-8-15(13-14)9-6-12-16-10-3-2-4-11-16/h5,7-8,13H,2-4,10-12H2,1H3. The second-order valence-corrected chi connectivity index (χ2v) is 4.51. The molecule has 1 aromatic carbocycles. The SMILES string of the molecule is Cc1cccc(C#CCN2CCCCC2)c1. The molecule has 1 aliphatic rings. The summed E-state index contributed by atoms with van der Waals surface area (Å²) in [4.78, 5) is 2.45. The highest BCUT2D eigenvalue weighted by atomic mass is 15.1. The number of likely N-dealkylation sites (tertiary alicyclic amines) is 1. The van der Waals surface area contributed by atoms with Gasteiger partial charge in [-0.25, -0.2) is 0 Å². The van der Waals surface area contributed by atoms with Crippen molar-refractivity contribution in [1.29, 1.82) is 0 Å². The molecule has 0 spiro atoms. The maximum Gasteiger partial charge on any atom is 0.0605 e. The molecule has 0 unspecified atom stereocenters. The van der Waals surface area contributed by atoms with Crippen LogP contribution in [0.25, 0.3) is 0 Å². The van der Waals surface area contributed by atoms with Crippen molar-refractivity contribution < 1.29 is 0 Å². The molecule has 2 rings (SSSR count). The maximum atomic E-state index is 3.27. The molecule has 84 valence electrons. The Morgan fingerprint density at radius 1 is 1.19 bits per heavy atom. The monoisotopic (exact) mass is 213 g/mol. The highest BCUT2D eigenvalue weighted by molar-refractivity contribution is 5.36. The molecule has 1 nitrogen and oxygen atoms in total. The van der Waals surface area contributed by atoms with Gasteiger partial charge in [-0.2, -0.15) is 0 Å². The Morgan fingerprint density at radius 2 is 2.00 bits per heavy atom. The lowest BCUT2D eigenvalue weighted by Crippen LogP contribution is -2.29. The van der Waals surface area contributed by atoms with E-state index in [2.05, 4.69) is 47.9 Å². The molecule has 0 amide bonds. The van der Waals surface area contributed by atoms with Gasteiger partial charge in [0.2, 0.25) is 0 Å². The second-order valence-electron chi connectivity index (χ2n) is 4.51. The van der Waals surface area contributed by atoms with E-state index in [1.165, 1.54) is 37.9 Å². The van der Waals surface area contributed by atoms with Crippen LogP contribution in [0.5, 0.6) is 0 Å². The molecule has 0 aliphatic carbocycles. The minimum atomic E-state index is 0.925. The molecular weight excluding hydrogens is 194 g/mol. The summed E-state index contributed by atoms with van der Waals surface area (Å²) in [5, 5.41) is 0. The number of hydrogen-bond donors (Lipinski definition) is 0. The number of piperidine rings is 1. The normalized spacial score (nSPS) is 16.6. The van der Waals surface area contributed by atoms with Crippen LogP contribution in [0.2, 0.25) is 0 Å². The Labute approximate surface area is 98.5 Å². The smallest absolute Gasteiger partial charge is 0.0605 e. The van der Waals surface area contributed by atoms with Crippen LogP contribution in [0.4, 0.5) is 0 Å². The van der Waals surface area contributed by atoms with E-state index in [9.17, 15) is 0 Å². The van der Waals surface area contributed by atoms with Gasteiger partial charge in [0.25, 0.3) is 0 Å². The van der Waals surface area contributed by atoms with Gasteiger partial charge >= 0.3 is 0 Å². The van der Waals surface area contributed by atoms with Gasteiger partial charge in [-0.05, 0) is 50.6 Å². The quantitative estimate of drug-likeness (QED) is 0.648. The van der Waals surface area contributed by atoms with Crippen molar-refractivity contribution in [3.05, 3.63) is 35.4 Å². The first-order valence-corrected chi connectivity index (χ1v) is 6.12. The summed E-state index contributed by atoms with van der Waals surface area (Å²) in [6.07, 6.45) is 4.07. The lowest BCUT2D eigenvalue weighted by Gasteiger charge is -2.23. The summed E-state index contributed by atoms with van der Waals surface area (Å²) in [5.41, 5.74) is 2.42. The summed E-state index contributed by atoms with van der Waals surface area (Å²) < 4.78 is 0. The molecule has 1 aliphatic heterocycles. The lowest BCUT2D eigenvalue weighted by atomic mass is 10.1. The highest BCUT2D eigenvalue weighted by Crippen LogP contribution is 2.07. The zero-order chi connectivity index (χ0) is 11.2. The Kier molecular flexibility index (Phi) is 4.02. The molecule has 0 radical (unpaired) electrons. The van der Waals surface area contributed by atoms with Crippen molar-refractivity contribution in [3.63, 3.8) is 0 Å². The van der Waals surface area contributed by atoms with Gasteiger partial charge in [0.1, 0.15) is 0 Å². The third-order valence-corrected chi connectivity index (χ3v) is 3.00. The van der Waals surface area contributed by atoms with Gasteiger partial charge in [0.05, 0.1) is 6.54 Å². The van der Waals surface area contributed by atoms with E-state index in [0.29, 0.717) is 0 Å². The second kappa shape index (κ2) is 5.72. The van der Waals surface area contributed by atoms with Crippen LogP contribution in [0, 0.1) is 18.8 Å². The molecule has 1 saturated heterocycles. The molecule has 0 N–H and O–H groups in total. The molecule has 0 aromatic heterocycles.